The third-order valence-electron chi connectivity index (χ3n) is 5.90. The highest BCUT2D eigenvalue weighted by atomic mass is 16.5. The second kappa shape index (κ2) is 10.6. The largest absolute Gasteiger partial charge is 0.492 e. The summed E-state index contributed by atoms with van der Waals surface area (Å²) in [7, 11) is 0. The third-order valence-corrected chi connectivity index (χ3v) is 5.90. The van der Waals surface area contributed by atoms with Crippen LogP contribution in [0.15, 0.2) is 41.7 Å². The number of allylic oxidation sites excluding steroid dienone is 4. The molecular formula is C25H34N2O3. The standard InChI is InChI=1S/C25H34N2O3/c1-5-26(6-2)13-15-29-20-9-10-21-19(17-20)18-23-22(21)11-12-24(25(23)28)30-16-14-27(7-3)8-4/h9-12,17-18H,5-8,13-16H2,1-4H3. The molecule has 0 atom stereocenters. The number of rotatable bonds is 12. The summed E-state index contributed by atoms with van der Waals surface area (Å²) in [6, 6.07) is 6.06. The lowest BCUT2D eigenvalue weighted by atomic mass is 9.95. The van der Waals surface area contributed by atoms with Crippen LogP contribution in [0, 0.1) is 0 Å². The Balaban J connectivity index is 1.63. The van der Waals surface area contributed by atoms with Crippen LogP contribution in [0.2, 0.25) is 0 Å². The van der Waals surface area contributed by atoms with Crippen molar-refractivity contribution in [1.29, 1.82) is 0 Å². The van der Waals surface area contributed by atoms with Gasteiger partial charge in [0.15, 0.2) is 5.76 Å². The number of Topliss-reactive ketones (excluding diaryl/α,β-unsaturated/α-hetero) is 1. The van der Waals surface area contributed by atoms with Crippen LogP contribution in [-0.2, 0) is 9.53 Å². The van der Waals surface area contributed by atoms with Crippen LogP contribution in [0.5, 0.6) is 5.75 Å². The van der Waals surface area contributed by atoms with Crippen molar-refractivity contribution in [2.24, 2.45) is 0 Å². The van der Waals surface area contributed by atoms with Gasteiger partial charge in [0.1, 0.15) is 19.0 Å². The molecule has 0 aromatic heterocycles. The normalized spacial score (nSPS) is 15.0. The van der Waals surface area contributed by atoms with Crippen LogP contribution >= 0.6 is 0 Å². The molecule has 1 aromatic carbocycles. The summed E-state index contributed by atoms with van der Waals surface area (Å²) in [6.45, 7) is 15.5. The molecule has 0 spiro atoms. The molecule has 0 unspecified atom stereocenters. The molecular weight excluding hydrogens is 376 g/mol. The van der Waals surface area contributed by atoms with E-state index < -0.39 is 0 Å². The van der Waals surface area contributed by atoms with Crippen molar-refractivity contribution in [2.45, 2.75) is 27.7 Å². The van der Waals surface area contributed by atoms with E-state index in [1.165, 1.54) is 0 Å². The van der Waals surface area contributed by atoms with Crippen molar-refractivity contribution in [3.63, 3.8) is 0 Å². The Kier molecular flexibility index (Phi) is 7.88. The van der Waals surface area contributed by atoms with Crippen molar-refractivity contribution in [3.8, 4) is 5.75 Å². The number of nitrogens with zero attached hydrogens (tertiary/aromatic N) is 2. The van der Waals surface area contributed by atoms with E-state index in [4.69, 9.17) is 9.47 Å². The Morgan fingerprint density at radius 2 is 1.43 bits per heavy atom. The van der Waals surface area contributed by atoms with Crippen molar-refractivity contribution in [3.05, 3.63) is 52.8 Å². The van der Waals surface area contributed by atoms with Crippen molar-refractivity contribution in [2.75, 3.05) is 52.5 Å². The highest BCUT2D eigenvalue weighted by molar-refractivity contribution is 6.25. The molecule has 0 fully saturated rings. The number of ether oxygens (including phenoxy) is 2. The summed E-state index contributed by atoms with van der Waals surface area (Å²) >= 11 is 0. The monoisotopic (exact) mass is 410 g/mol. The molecule has 0 aliphatic heterocycles. The lowest BCUT2D eigenvalue weighted by Crippen LogP contribution is -2.27. The van der Waals surface area contributed by atoms with Crippen molar-refractivity contribution >= 4 is 17.4 Å². The predicted molar refractivity (Wildman–Crippen MR) is 123 cm³/mol. The van der Waals surface area contributed by atoms with Gasteiger partial charge in [-0.25, -0.2) is 0 Å². The first-order valence-electron chi connectivity index (χ1n) is 11.1. The van der Waals surface area contributed by atoms with E-state index in [2.05, 4.69) is 37.5 Å². The van der Waals surface area contributed by atoms with Gasteiger partial charge in [0.05, 0.1) is 0 Å². The van der Waals surface area contributed by atoms with Crippen molar-refractivity contribution in [1.82, 2.24) is 9.80 Å². The molecule has 1 aromatic rings. The fraction of sp³-hybridized carbons (Fsp3) is 0.480. The summed E-state index contributed by atoms with van der Waals surface area (Å²) in [4.78, 5) is 17.5. The maximum absolute atomic E-state index is 12.9. The number of fused-ring (bicyclic) bond motifs is 3. The zero-order chi connectivity index (χ0) is 21.5. The predicted octanol–water partition coefficient (Wildman–Crippen LogP) is 4.01. The zero-order valence-corrected chi connectivity index (χ0v) is 18.7. The summed E-state index contributed by atoms with van der Waals surface area (Å²) in [6.07, 6.45) is 5.76. The molecule has 5 nitrogen and oxygen atoms in total. The number of ketones is 1. The molecule has 0 heterocycles. The van der Waals surface area contributed by atoms with Gasteiger partial charge in [-0.05, 0) is 73.2 Å². The molecule has 3 rings (SSSR count). The molecule has 5 heteroatoms. The molecule has 0 saturated carbocycles. The Hall–Kier alpha value is -2.37. The Morgan fingerprint density at radius 3 is 2.07 bits per heavy atom. The average Bonchev–Trinajstić information content (AvgIpc) is 3.14. The first kappa shape index (κ1) is 22.3. The highest BCUT2D eigenvalue weighted by Crippen LogP contribution is 2.40. The summed E-state index contributed by atoms with van der Waals surface area (Å²) in [5.74, 6) is 1.24. The Bertz CT molecular complexity index is 846. The third kappa shape index (κ3) is 5.02. The van der Waals surface area contributed by atoms with Gasteiger partial charge in [0, 0.05) is 18.7 Å². The molecule has 2 aliphatic rings. The molecule has 2 aliphatic carbocycles. The zero-order valence-electron chi connectivity index (χ0n) is 18.7. The quantitative estimate of drug-likeness (QED) is 0.521. The minimum Gasteiger partial charge on any atom is -0.492 e. The second-order valence-corrected chi connectivity index (χ2v) is 7.50. The summed E-state index contributed by atoms with van der Waals surface area (Å²) < 4.78 is 11.8. The van der Waals surface area contributed by atoms with E-state index in [-0.39, 0.29) is 5.78 Å². The lowest BCUT2D eigenvalue weighted by molar-refractivity contribution is -0.115. The van der Waals surface area contributed by atoms with Gasteiger partial charge in [0.2, 0.25) is 5.78 Å². The fourth-order valence-corrected chi connectivity index (χ4v) is 3.88. The molecule has 0 N–H and O–H groups in total. The first-order chi connectivity index (χ1) is 14.6. The van der Waals surface area contributed by atoms with E-state index in [1.54, 1.807) is 6.08 Å². The van der Waals surface area contributed by atoms with Gasteiger partial charge in [0.25, 0.3) is 0 Å². The van der Waals surface area contributed by atoms with E-state index >= 15 is 0 Å². The van der Waals surface area contributed by atoms with Crippen molar-refractivity contribution < 1.29 is 14.3 Å². The van der Waals surface area contributed by atoms with Gasteiger partial charge in [-0.2, -0.15) is 0 Å². The van der Waals surface area contributed by atoms with Gasteiger partial charge in [-0.15, -0.1) is 0 Å². The number of likely N-dealkylation sites (N-methyl/N-ethyl adjacent to an activating group) is 2. The highest BCUT2D eigenvalue weighted by Gasteiger charge is 2.29. The van der Waals surface area contributed by atoms with Crippen LogP contribution in [0.25, 0.3) is 11.6 Å². The molecule has 0 radical (unpaired) electrons. The van der Waals surface area contributed by atoms with E-state index in [0.29, 0.717) is 24.5 Å². The van der Waals surface area contributed by atoms with Crippen LogP contribution in [0.1, 0.15) is 38.8 Å². The van der Waals surface area contributed by atoms with Crippen LogP contribution in [0.3, 0.4) is 0 Å². The van der Waals surface area contributed by atoms with Crippen LogP contribution in [-0.4, -0.2) is 68.1 Å². The van der Waals surface area contributed by atoms with Gasteiger partial charge in [-0.1, -0.05) is 33.8 Å². The maximum atomic E-state index is 12.9. The van der Waals surface area contributed by atoms with Gasteiger partial charge in [-0.3, -0.25) is 4.79 Å². The molecule has 0 bridgehead atoms. The lowest BCUT2D eigenvalue weighted by Gasteiger charge is -2.20. The second-order valence-electron chi connectivity index (χ2n) is 7.50. The molecule has 162 valence electrons. The molecule has 0 saturated heterocycles. The number of hydrogen-bond donors (Lipinski definition) is 0. The minimum absolute atomic E-state index is 0.0350. The van der Waals surface area contributed by atoms with Gasteiger partial charge >= 0.3 is 0 Å². The Labute approximate surface area is 180 Å². The molecule has 30 heavy (non-hydrogen) atoms. The number of benzene rings is 1. The first-order valence-corrected chi connectivity index (χ1v) is 11.1. The van der Waals surface area contributed by atoms with E-state index in [0.717, 1.165) is 61.7 Å². The number of carbonyl (C=O) groups is 1. The Morgan fingerprint density at radius 1 is 0.800 bits per heavy atom. The van der Waals surface area contributed by atoms with Crippen LogP contribution in [0.4, 0.5) is 0 Å². The van der Waals surface area contributed by atoms with E-state index in [9.17, 15) is 4.79 Å². The SMILES string of the molecule is CCN(CC)CCOC1=CC=C2C(=Cc3cc(OCCN(CC)CC)ccc32)C1=O. The number of carbonyl (C=O) groups excluding carboxylic acids is 1. The van der Waals surface area contributed by atoms with Crippen LogP contribution < -0.4 is 4.74 Å². The summed E-state index contributed by atoms with van der Waals surface area (Å²) in [5, 5.41) is 0. The molecule has 0 amide bonds. The fourth-order valence-electron chi connectivity index (χ4n) is 3.88. The minimum atomic E-state index is -0.0350. The number of hydrogen-bond acceptors (Lipinski definition) is 5. The van der Waals surface area contributed by atoms with Gasteiger partial charge < -0.3 is 19.3 Å². The topological polar surface area (TPSA) is 42.0 Å². The summed E-state index contributed by atoms with van der Waals surface area (Å²) in [5.41, 5.74) is 3.79. The smallest absolute Gasteiger partial charge is 0.228 e. The maximum Gasteiger partial charge on any atom is 0.228 e. The average molecular weight is 411 g/mol. The van der Waals surface area contributed by atoms with E-state index in [1.807, 2.05) is 30.4 Å².